The summed E-state index contributed by atoms with van der Waals surface area (Å²) in [5.74, 6) is 0. The normalized spacial score (nSPS) is 29.8. The summed E-state index contributed by atoms with van der Waals surface area (Å²) in [6.07, 6.45) is 2.36. The largest absolute Gasteiger partial charge is 0.413 e. The molecule has 2 aliphatic rings. The van der Waals surface area contributed by atoms with Gasteiger partial charge in [0, 0.05) is 18.4 Å². The molecule has 1 aliphatic carbocycles. The van der Waals surface area contributed by atoms with E-state index in [9.17, 15) is 0 Å². The summed E-state index contributed by atoms with van der Waals surface area (Å²) in [5.41, 5.74) is 2.97. The summed E-state index contributed by atoms with van der Waals surface area (Å²) in [6, 6.07) is 10.3. The lowest BCUT2D eigenvalue weighted by molar-refractivity contribution is -0.0840. The monoisotopic (exact) mass is 362 g/mol. The van der Waals surface area contributed by atoms with Crippen LogP contribution in [0.4, 0.5) is 0 Å². The molecule has 1 aromatic rings. The highest BCUT2D eigenvalue weighted by Gasteiger charge is 2.51. The van der Waals surface area contributed by atoms with Crippen LogP contribution in [-0.2, 0) is 13.9 Å². The molecule has 140 valence electrons. The van der Waals surface area contributed by atoms with E-state index in [2.05, 4.69) is 53.7 Å². The number of fused-ring (bicyclic) bond motifs is 1. The Kier molecular flexibility index (Phi) is 5.74. The van der Waals surface area contributed by atoms with Crippen LogP contribution in [0.5, 0.6) is 0 Å². The molecule has 1 saturated carbocycles. The first-order valence-corrected chi connectivity index (χ1v) is 12.0. The minimum Gasteiger partial charge on any atom is -0.413 e. The summed E-state index contributed by atoms with van der Waals surface area (Å²) < 4.78 is 19.4. The predicted molar refractivity (Wildman–Crippen MR) is 104 cm³/mol. The molecular formula is C21H34O3Si. The highest BCUT2D eigenvalue weighted by atomic mass is 28.4. The smallest absolute Gasteiger partial charge is 0.200 e. The molecule has 0 radical (unpaired) electrons. The Labute approximate surface area is 154 Å². The van der Waals surface area contributed by atoms with Crippen molar-refractivity contribution in [3.8, 4) is 0 Å². The zero-order chi connectivity index (χ0) is 18.2. The highest BCUT2D eigenvalue weighted by Crippen LogP contribution is 2.47. The summed E-state index contributed by atoms with van der Waals surface area (Å²) in [6.45, 7) is 14.1. The van der Waals surface area contributed by atoms with E-state index < -0.39 is 8.32 Å². The Balaban J connectivity index is 1.65. The molecule has 0 amide bonds. The Bertz CT molecular complexity index is 522. The molecule has 4 heteroatoms. The van der Waals surface area contributed by atoms with Crippen LogP contribution in [0.25, 0.3) is 0 Å². The zero-order valence-corrected chi connectivity index (χ0v) is 17.6. The zero-order valence-electron chi connectivity index (χ0n) is 16.6. The topological polar surface area (TPSA) is 27.7 Å². The number of ether oxygens (including phenoxy) is 2. The SMILES string of the molecule is CC(C)[Si](OC1CC2OC(c3ccccc3)OC2C1)(C(C)C)C(C)C. The Morgan fingerprint density at radius 1 is 0.840 bits per heavy atom. The quantitative estimate of drug-likeness (QED) is 0.596. The molecule has 0 N–H and O–H groups in total. The van der Waals surface area contributed by atoms with Crippen LogP contribution in [-0.4, -0.2) is 26.6 Å². The molecule has 25 heavy (non-hydrogen) atoms. The fourth-order valence-electron chi connectivity index (χ4n) is 5.11. The molecule has 0 bridgehead atoms. The Morgan fingerprint density at radius 2 is 1.32 bits per heavy atom. The van der Waals surface area contributed by atoms with Gasteiger partial charge in [-0.15, -0.1) is 0 Å². The molecule has 1 aliphatic heterocycles. The van der Waals surface area contributed by atoms with E-state index in [4.69, 9.17) is 13.9 Å². The lowest BCUT2D eigenvalue weighted by atomic mass is 10.2. The third kappa shape index (κ3) is 3.59. The maximum Gasteiger partial charge on any atom is 0.200 e. The molecule has 2 unspecified atom stereocenters. The van der Waals surface area contributed by atoms with E-state index in [0.29, 0.717) is 16.6 Å². The molecular weight excluding hydrogens is 328 g/mol. The average Bonchev–Trinajstić information content (AvgIpc) is 3.10. The fourth-order valence-corrected chi connectivity index (χ4v) is 10.7. The minimum absolute atomic E-state index is 0.174. The van der Waals surface area contributed by atoms with Gasteiger partial charge in [-0.25, -0.2) is 0 Å². The lowest BCUT2D eigenvalue weighted by Crippen LogP contribution is -2.50. The van der Waals surface area contributed by atoms with Crippen LogP contribution >= 0.6 is 0 Å². The molecule has 0 aromatic heterocycles. The molecule has 3 rings (SSSR count). The first-order valence-electron chi connectivity index (χ1n) is 9.88. The van der Waals surface area contributed by atoms with Gasteiger partial charge < -0.3 is 13.9 Å². The van der Waals surface area contributed by atoms with E-state index in [0.717, 1.165) is 18.4 Å². The van der Waals surface area contributed by atoms with Gasteiger partial charge in [0.15, 0.2) is 6.29 Å². The van der Waals surface area contributed by atoms with Crippen molar-refractivity contribution in [3.63, 3.8) is 0 Å². The first kappa shape index (κ1) is 19.1. The number of hydrogen-bond acceptors (Lipinski definition) is 3. The fraction of sp³-hybridized carbons (Fsp3) is 0.714. The molecule has 2 fully saturated rings. The minimum atomic E-state index is -1.83. The lowest BCUT2D eigenvalue weighted by Gasteiger charge is -2.44. The van der Waals surface area contributed by atoms with E-state index in [1.807, 2.05) is 18.2 Å². The molecule has 1 aromatic carbocycles. The Morgan fingerprint density at radius 3 is 1.76 bits per heavy atom. The maximum absolute atomic E-state index is 6.94. The first-order chi connectivity index (χ1) is 11.8. The van der Waals surface area contributed by atoms with Crippen molar-refractivity contribution in [2.45, 2.75) is 95.6 Å². The van der Waals surface area contributed by atoms with E-state index in [1.165, 1.54) is 0 Å². The summed E-state index contributed by atoms with van der Waals surface area (Å²) in [4.78, 5) is 0. The van der Waals surface area contributed by atoms with Crippen molar-refractivity contribution in [1.29, 1.82) is 0 Å². The molecule has 1 heterocycles. The standard InChI is InChI=1S/C21H34O3Si/c1-14(2)25(15(3)4,16(5)6)24-18-12-19-20(13-18)23-21(22-19)17-10-8-7-9-11-17/h7-11,14-16,18-21H,12-13H2,1-6H3. The van der Waals surface area contributed by atoms with E-state index in [-0.39, 0.29) is 24.6 Å². The third-order valence-corrected chi connectivity index (χ3v) is 12.3. The number of hydrogen-bond donors (Lipinski definition) is 0. The van der Waals surface area contributed by atoms with E-state index >= 15 is 0 Å². The van der Waals surface area contributed by atoms with Gasteiger partial charge in [0.1, 0.15) is 0 Å². The summed E-state index contributed by atoms with van der Waals surface area (Å²) in [5, 5.41) is 0. The Hall–Kier alpha value is -0.683. The van der Waals surface area contributed by atoms with Crippen LogP contribution in [0, 0.1) is 0 Å². The second-order valence-electron chi connectivity index (χ2n) is 8.62. The summed E-state index contributed by atoms with van der Waals surface area (Å²) >= 11 is 0. The van der Waals surface area contributed by atoms with E-state index in [1.54, 1.807) is 0 Å². The van der Waals surface area contributed by atoms with Gasteiger partial charge in [-0.05, 0) is 16.6 Å². The van der Waals surface area contributed by atoms with Crippen molar-refractivity contribution in [2.75, 3.05) is 0 Å². The van der Waals surface area contributed by atoms with Gasteiger partial charge in [0.2, 0.25) is 8.32 Å². The number of benzene rings is 1. The van der Waals surface area contributed by atoms with Crippen LogP contribution in [0.15, 0.2) is 30.3 Å². The second-order valence-corrected chi connectivity index (χ2v) is 14.0. The van der Waals surface area contributed by atoms with Crippen molar-refractivity contribution >= 4 is 8.32 Å². The number of rotatable bonds is 6. The average molecular weight is 363 g/mol. The van der Waals surface area contributed by atoms with Gasteiger partial charge >= 0.3 is 0 Å². The van der Waals surface area contributed by atoms with Crippen LogP contribution in [0.2, 0.25) is 16.6 Å². The molecule has 1 saturated heterocycles. The van der Waals surface area contributed by atoms with Gasteiger partial charge in [-0.2, -0.15) is 0 Å². The maximum atomic E-state index is 6.94. The van der Waals surface area contributed by atoms with Crippen LogP contribution in [0.1, 0.15) is 66.2 Å². The van der Waals surface area contributed by atoms with Crippen LogP contribution in [0.3, 0.4) is 0 Å². The van der Waals surface area contributed by atoms with Gasteiger partial charge in [-0.1, -0.05) is 71.9 Å². The predicted octanol–water partition coefficient (Wildman–Crippen LogP) is 5.82. The van der Waals surface area contributed by atoms with Gasteiger partial charge in [0.25, 0.3) is 0 Å². The van der Waals surface area contributed by atoms with Crippen molar-refractivity contribution in [1.82, 2.24) is 0 Å². The van der Waals surface area contributed by atoms with Gasteiger partial charge in [-0.3, -0.25) is 0 Å². The second kappa shape index (κ2) is 7.51. The third-order valence-electron chi connectivity index (χ3n) is 6.15. The van der Waals surface area contributed by atoms with Crippen LogP contribution < -0.4 is 0 Å². The van der Waals surface area contributed by atoms with Crippen molar-refractivity contribution in [3.05, 3.63) is 35.9 Å². The molecule has 2 atom stereocenters. The molecule has 0 spiro atoms. The highest BCUT2D eigenvalue weighted by molar-refractivity contribution is 6.77. The molecule has 3 nitrogen and oxygen atoms in total. The van der Waals surface area contributed by atoms with Crippen molar-refractivity contribution in [2.24, 2.45) is 0 Å². The summed E-state index contributed by atoms with van der Waals surface area (Å²) in [7, 11) is -1.83. The van der Waals surface area contributed by atoms with Crippen molar-refractivity contribution < 1.29 is 13.9 Å². The van der Waals surface area contributed by atoms with Gasteiger partial charge in [0.05, 0.1) is 18.3 Å².